The lowest BCUT2D eigenvalue weighted by Crippen LogP contribution is -2.28. The standard InChI is InChI=1S/C15H15Cl2N4OS/c16-10-4-3-9(6-11(10)17)7-19-14(22)21-15-20-13(8-23-15)12-2-1-5-18-12/h1,3-4,6,8,12,18H,2,5,7H2,(H2,19,20,21,22). The van der Waals surface area contributed by atoms with Gasteiger partial charge in [0.2, 0.25) is 0 Å². The number of nitrogens with zero attached hydrogens (tertiary/aromatic N) is 1. The third kappa shape index (κ3) is 4.35. The second kappa shape index (κ2) is 7.49. The first kappa shape index (κ1) is 16.5. The fraction of sp³-hybridized carbons (Fsp3) is 0.267. The molecule has 121 valence electrons. The van der Waals surface area contributed by atoms with Crippen LogP contribution in [0.25, 0.3) is 0 Å². The van der Waals surface area contributed by atoms with Gasteiger partial charge in [0.1, 0.15) is 0 Å². The highest BCUT2D eigenvalue weighted by atomic mass is 35.5. The molecule has 1 fully saturated rings. The maximum absolute atomic E-state index is 11.9. The number of hydrogen-bond acceptors (Lipinski definition) is 4. The van der Waals surface area contributed by atoms with Crippen LogP contribution in [0.3, 0.4) is 0 Å². The van der Waals surface area contributed by atoms with E-state index in [-0.39, 0.29) is 12.1 Å². The van der Waals surface area contributed by atoms with Crippen molar-refractivity contribution in [2.45, 2.75) is 19.0 Å². The molecule has 5 nitrogen and oxygen atoms in total. The number of carbonyl (C=O) groups excluding carboxylic acids is 1. The molecular formula is C15H15Cl2N4OS. The van der Waals surface area contributed by atoms with Crippen molar-refractivity contribution >= 4 is 45.7 Å². The second-order valence-corrected chi connectivity index (χ2v) is 6.79. The molecule has 1 aliphatic rings. The number of aromatic nitrogens is 1. The SMILES string of the molecule is O=C(NCc1ccc(Cl)c(Cl)c1)Nc1nc(C2C[CH]CN2)cs1. The van der Waals surface area contributed by atoms with Gasteiger partial charge < -0.3 is 10.6 Å². The van der Waals surface area contributed by atoms with E-state index in [2.05, 4.69) is 27.4 Å². The van der Waals surface area contributed by atoms with Crippen LogP contribution in [-0.4, -0.2) is 17.6 Å². The molecule has 1 aliphatic heterocycles. The van der Waals surface area contributed by atoms with Crippen molar-refractivity contribution in [3.05, 3.63) is 51.3 Å². The molecule has 3 rings (SSSR count). The zero-order valence-corrected chi connectivity index (χ0v) is 14.4. The van der Waals surface area contributed by atoms with Crippen LogP contribution >= 0.6 is 34.5 Å². The summed E-state index contributed by atoms with van der Waals surface area (Å²) in [6, 6.07) is 5.20. The molecule has 8 heteroatoms. The summed E-state index contributed by atoms with van der Waals surface area (Å²) in [5.74, 6) is 0. The molecule has 1 saturated heterocycles. The lowest BCUT2D eigenvalue weighted by molar-refractivity contribution is 0.251. The summed E-state index contributed by atoms with van der Waals surface area (Å²) in [4.78, 5) is 16.4. The number of amides is 2. The maximum atomic E-state index is 11.9. The number of rotatable bonds is 4. The van der Waals surface area contributed by atoms with Gasteiger partial charge in [-0.3, -0.25) is 5.32 Å². The molecule has 1 atom stereocenters. The second-order valence-electron chi connectivity index (χ2n) is 5.12. The first-order chi connectivity index (χ1) is 11.1. The summed E-state index contributed by atoms with van der Waals surface area (Å²) >= 11 is 13.2. The van der Waals surface area contributed by atoms with E-state index in [9.17, 15) is 4.79 Å². The number of benzene rings is 1. The van der Waals surface area contributed by atoms with Crippen LogP contribution in [0.1, 0.15) is 23.7 Å². The average Bonchev–Trinajstić information content (AvgIpc) is 3.19. The molecule has 0 saturated carbocycles. The number of thiazole rings is 1. The molecule has 0 spiro atoms. The monoisotopic (exact) mass is 369 g/mol. The summed E-state index contributed by atoms with van der Waals surface area (Å²) < 4.78 is 0. The summed E-state index contributed by atoms with van der Waals surface area (Å²) in [6.07, 6.45) is 3.15. The molecule has 2 heterocycles. The molecule has 1 aromatic carbocycles. The number of anilines is 1. The topological polar surface area (TPSA) is 66.0 Å². The zero-order valence-electron chi connectivity index (χ0n) is 12.1. The quantitative estimate of drug-likeness (QED) is 0.762. The summed E-state index contributed by atoms with van der Waals surface area (Å²) in [6.45, 7) is 1.26. The molecule has 0 aliphatic carbocycles. The largest absolute Gasteiger partial charge is 0.334 e. The van der Waals surface area contributed by atoms with Crippen LogP contribution in [0, 0.1) is 6.42 Å². The predicted molar refractivity (Wildman–Crippen MR) is 94.1 cm³/mol. The third-order valence-electron chi connectivity index (χ3n) is 3.45. The summed E-state index contributed by atoms with van der Waals surface area (Å²) in [7, 11) is 0. The third-order valence-corrected chi connectivity index (χ3v) is 4.96. The van der Waals surface area contributed by atoms with E-state index in [0.717, 1.165) is 24.2 Å². The minimum Gasteiger partial charge on any atom is -0.334 e. The van der Waals surface area contributed by atoms with Crippen molar-refractivity contribution in [3.63, 3.8) is 0 Å². The van der Waals surface area contributed by atoms with E-state index in [1.54, 1.807) is 12.1 Å². The van der Waals surface area contributed by atoms with Crippen molar-refractivity contribution in [1.82, 2.24) is 15.6 Å². The minimum absolute atomic E-state index is 0.251. The first-order valence-corrected chi connectivity index (χ1v) is 8.74. The Bertz CT molecular complexity index is 701. The lowest BCUT2D eigenvalue weighted by atomic mass is 10.2. The van der Waals surface area contributed by atoms with Crippen molar-refractivity contribution < 1.29 is 4.79 Å². The van der Waals surface area contributed by atoms with Crippen LogP contribution in [0.4, 0.5) is 9.93 Å². The molecule has 1 unspecified atom stereocenters. The highest BCUT2D eigenvalue weighted by Gasteiger charge is 2.19. The summed E-state index contributed by atoms with van der Waals surface area (Å²) in [5.41, 5.74) is 1.84. The Morgan fingerprint density at radius 1 is 1.39 bits per heavy atom. The molecule has 3 N–H and O–H groups in total. The normalized spacial score (nSPS) is 17.2. The molecule has 1 radical (unpaired) electrons. The molecule has 2 aromatic rings. The Morgan fingerprint density at radius 2 is 2.26 bits per heavy atom. The van der Waals surface area contributed by atoms with Gasteiger partial charge in [0.05, 0.1) is 21.8 Å². The Hall–Kier alpha value is -1.34. The van der Waals surface area contributed by atoms with Gasteiger partial charge in [0, 0.05) is 11.9 Å². The van der Waals surface area contributed by atoms with Gasteiger partial charge in [-0.1, -0.05) is 29.3 Å². The van der Waals surface area contributed by atoms with Crippen molar-refractivity contribution in [1.29, 1.82) is 0 Å². The highest BCUT2D eigenvalue weighted by molar-refractivity contribution is 7.13. The fourth-order valence-corrected chi connectivity index (χ4v) is 3.34. The highest BCUT2D eigenvalue weighted by Crippen LogP contribution is 2.26. The van der Waals surface area contributed by atoms with Gasteiger partial charge in [-0.2, -0.15) is 0 Å². The van der Waals surface area contributed by atoms with Gasteiger partial charge in [-0.25, -0.2) is 9.78 Å². The Balaban J connectivity index is 1.51. The van der Waals surface area contributed by atoms with Gasteiger partial charge in [-0.15, -0.1) is 11.3 Å². The van der Waals surface area contributed by atoms with Crippen LogP contribution in [0.15, 0.2) is 23.6 Å². The van der Waals surface area contributed by atoms with Crippen molar-refractivity contribution in [2.24, 2.45) is 0 Å². The van der Waals surface area contributed by atoms with E-state index >= 15 is 0 Å². The van der Waals surface area contributed by atoms with Crippen LogP contribution < -0.4 is 16.0 Å². The predicted octanol–water partition coefficient (Wildman–Crippen LogP) is 4.01. The van der Waals surface area contributed by atoms with Gasteiger partial charge in [-0.05, 0) is 37.1 Å². The van der Waals surface area contributed by atoms with Gasteiger partial charge in [0.15, 0.2) is 5.13 Å². The Kier molecular flexibility index (Phi) is 5.38. The average molecular weight is 370 g/mol. The molecule has 2 amide bonds. The van der Waals surface area contributed by atoms with E-state index in [0.29, 0.717) is 21.7 Å². The molecule has 23 heavy (non-hydrogen) atoms. The minimum atomic E-state index is -0.303. The van der Waals surface area contributed by atoms with E-state index in [1.165, 1.54) is 11.3 Å². The Labute approximate surface area is 148 Å². The number of hydrogen-bond donors (Lipinski definition) is 3. The van der Waals surface area contributed by atoms with Crippen molar-refractivity contribution in [3.8, 4) is 0 Å². The van der Waals surface area contributed by atoms with Crippen molar-refractivity contribution in [2.75, 3.05) is 11.9 Å². The fourth-order valence-electron chi connectivity index (χ4n) is 2.26. The first-order valence-electron chi connectivity index (χ1n) is 7.11. The van der Waals surface area contributed by atoms with Gasteiger partial charge in [0.25, 0.3) is 0 Å². The van der Waals surface area contributed by atoms with Crippen LogP contribution in [0.2, 0.25) is 10.0 Å². The number of carbonyl (C=O) groups is 1. The zero-order chi connectivity index (χ0) is 16.2. The van der Waals surface area contributed by atoms with Crippen LogP contribution in [0.5, 0.6) is 0 Å². The number of nitrogens with one attached hydrogen (secondary N) is 3. The van der Waals surface area contributed by atoms with E-state index < -0.39 is 0 Å². The number of halogens is 2. The summed E-state index contributed by atoms with van der Waals surface area (Å²) in [5, 5.41) is 12.4. The smallest absolute Gasteiger partial charge is 0.321 e. The molecule has 0 bridgehead atoms. The lowest BCUT2D eigenvalue weighted by Gasteiger charge is -2.07. The van der Waals surface area contributed by atoms with E-state index in [1.807, 2.05) is 11.4 Å². The Morgan fingerprint density at radius 3 is 3.00 bits per heavy atom. The number of urea groups is 1. The maximum Gasteiger partial charge on any atom is 0.321 e. The molecular weight excluding hydrogens is 355 g/mol. The molecule has 1 aromatic heterocycles. The van der Waals surface area contributed by atoms with E-state index in [4.69, 9.17) is 23.2 Å². The van der Waals surface area contributed by atoms with Gasteiger partial charge >= 0.3 is 6.03 Å². The van der Waals surface area contributed by atoms with Crippen LogP contribution in [-0.2, 0) is 6.54 Å².